The molecule has 7 heteroatoms. The number of aromatic amines is 1. The molecule has 0 aliphatic carbocycles. The molecule has 0 bridgehead atoms. The van der Waals surface area contributed by atoms with Gasteiger partial charge in [0.1, 0.15) is 5.82 Å². The maximum atomic E-state index is 12.9. The van der Waals surface area contributed by atoms with Gasteiger partial charge in [0.2, 0.25) is 5.91 Å². The summed E-state index contributed by atoms with van der Waals surface area (Å²) in [6.45, 7) is 3.97. The minimum Gasteiger partial charge on any atom is -0.325 e. The van der Waals surface area contributed by atoms with Gasteiger partial charge >= 0.3 is 0 Å². The number of carbonyl (C=O) groups is 1. The molecule has 2 N–H and O–H groups in total. The molecule has 1 aromatic heterocycles. The molecule has 1 unspecified atom stereocenters. The number of carbonyl (C=O) groups excluding carboxylic acids is 1. The molecular weight excluding hydrogens is 341 g/mol. The first-order valence-corrected chi connectivity index (χ1v) is 9.23. The molecule has 2 aromatic rings. The van der Waals surface area contributed by atoms with E-state index in [0.717, 1.165) is 25.0 Å². The number of thioether (sulfide) groups is 1. The predicted molar refractivity (Wildman–Crippen MR) is 98.4 cm³/mol. The van der Waals surface area contributed by atoms with Crippen LogP contribution in [-0.4, -0.2) is 21.1 Å². The van der Waals surface area contributed by atoms with Gasteiger partial charge in [0.25, 0.3) is 5.56 Å². The van der Waals surface area contributed by atoms with E-state index < -0.39 is 5.25 Å². The van der Waals surface area contributed by atoms with Gasteiger partial charge < -0.3 is 10.3 Å². The van der Waals surface area contributed by atoms with Crippen molar-refractivity contribution in [3.63, 3.8) is 0 Å². The topological polar surface area (TPSA) is 74.8 Å². The van der Waals surface area contributed by atoms with Crippen molar-refractivity contribution in [2.75, 3.05) is 5.32 Å². The summed E-state index contributed by atoms with van der Waals surface area (Å²) in [6.07, 6.45) is 3.30. The van der Waals surface area contributed by atoms with E-state index in [9.17, 15) is 14.0 Å². The molecule has 25 heavy (non-hydrogen) atoms. The summed E-state index contributed by atoms with van der Waals surface area (Å²) in [5.41, 5.74) is 1.06. The molecular formula is C18H22FN3O2S. The second kappa shape index (κ2) is 9.36. The average molecular weight is 363 g/mol. The fraction of sp³-hybridized carbons (Fsp3) is 0.389. The fourth-order valence-corrected chi connectivity index (χ4v) is 3.17. The standard InChI is InChI=1S/C18H22FN3O2S/c1-3-5-6-14-11-16(23)22-18(21-14)25-15(4-2)17(24)20-13-9-7-12(19)8-10-13/h7-11,15H,3-6H2,1-2H3,(H,20,24)(H,21,22,23). The van der Waals surface area contributed by atoms with E-state index in [-0.39, 0.29) is 17.3 Å². The lowest BCUT2D eigenvalue weighted by atomic mass is 10.2. The van der Waals surface area contributed by atoms with E-state index in [1.54, 1.807) is 0 Å². The van der Waals surface area contributed by atoms with Crippen LogP contribution in [0.15, 0.2) is 40.3 Å². The number of benzene rings is 1. The van der Waals surface area contributed by atoms with Gasteiger partial charge in [-0.2, -0.15) is 0 Å². The highest BCUT2D eigenvalue weighted by molar-refractivity contribution is 8.00. The number of hydrogen-bond acceptors (Lipinski definition) is 4. The summed E-state index contributed by atoms with van der Waals surface area (Å²) in [6, 6.07) is 7.10. The molecule has 0 saturated carbocycles. The molecule has 0 spiro atoms. The quantitative estimate of drug-likeness (QED) is 0.553. The van der Waals surface area contributed by atoms with Crippen molar-refractivity contribution in [2.45, 2.75) is 49.9 Å². The zero-order valence-electron chi connectivity index (χ0n) is 14.3. The molecule has 0 saturated heterocycles. The minimum atomic E-state index is -0.408. The van der Waals surface area contributed by atoms with Crippen LogP contribution >= 0.6 is 11.8 Å². The summed E-state index contributed by atoms with van der Waals surface area (Å²) >= 11 is 1.23. The zero-order chi connectivity index (χ0) is 18.2. The number of amides is 1. The Hall–Kier alpha value is -2.15. The van der Waals surface area contributed by atoms with Crippen LogP contribution in [0.4, 0.5) is 10.1 Å². The number of aryl methyl sites for hydroxylation is 1. The highest BCUT2D eigenvalue weighted by Gasteiger charge is 2.19. The average Bonchev–Trinajstić information content (AvgIpc) is 2.59. The zero-order valence-corrected chi connectivity index (χ0v) is 15.2. The fourth-order valence-electron chi connectivity index (χ4n) is 2.24. The van der Waals surface area contributed by atoms with Gasteiger partial charge in [0, 0.05) is 17.4 Å². The highest BCUT2D eigenvalue weighted by atomic mass is 32.2. The van der Waals surface area contributed by atoms with E-state index in [1.165, 1.54) is 42.1 Å². The summed E-state index contributed by atoms with van der Waals surface area (Å²) in [4.78, 5) is 31.3. The van der Waals surface area contributed by atoms with Crippen molar-refractivity contribution >= 4 is 23.4 Å². The van der Waals surface area contributed by atoms with Gasteiger partial charge in [0.05, 0.1) is 5.25 Å². The predicted octanol–water partition coefficient (Wildman–Crippen LogP) is 3.76. The lowest BCUT2D eigenvalue weighted by Gasteiger charge is -2.14. The first-order chi connectivity index (χ1) is 12.0. The van der Waals surface area contributed by atoms with Crippen molar-refractivity contribution in [3.8, 4) is 0 Å². The van der Waals surface area contributed by atoms with Crippen molar-refractivity contribution in [1.29, 1.82) is 0 Å². The monoisotopic (exact) mass is 363 g/mol. The third-order valence-electron chi connectivity index (χ3n) is 3.59. The third-order valence-corrected chi connectivity index (χ3v) is 4.84. The summed E-state index contributed by atoms with van der Waals surface area (Å²) < 4.78 is 12.9. The first-order valence-electron chi connectivity index (χ1n) is 8.35. The Kier molecular flexibility index (Phi) is 7.18. The maximum absolute atomic E-state index is 12.9. The van der Waals surface area contributed by atoms with Gasteiger partial charge in [-0.3, -0.25) is 9.59 Å². The van der Waals surface area contributed by atoms with Crippen LogP contribution in [0.3, 0.4) is 0 Å². The van der Waals surface area contributed by atoms with Crippen molar-refractivity contribution in [3.05, 3.63) is 52.2 Å². The van der Waals surface area contributed by atoms with Crippen LogP contribution in [0.2, 0.25) is 0 Å². The lowest BCUT2D eigenvalue weighted by molar-refractivity contribution is -0.115. The van der Waals surface area contributed by atoms with Gasteiger partial charge in [-0.05, 0) is 43.5 Å². The van der Waals surface area contributed by atoms with Crippen LogP contribution in [-0.2, 0) is 11.2 Å². The molecule has 1 atom stereocenters. The molecule has 0 aliphatic heterocycles. The van der Waals surface area contributed by atoms with Crippen LogP contribution < -0.4 is 10.9 Å². The molecule has 0 aliphatic rings. The highest BCUT2D eigenvalue weighted by Crippen LogP contribution is 2.23. The third kappa shape index (κ3) is 6.01. The Balaban J connectivity index is 2.07. The summed E-state index contributed by atoms with van der Waals surface area (Å²) in [5, 5.41) is 2.79. The number of rotatable bonds is 8. The van der Waals surface area contributed by atoms with Crippen molar-refractivity contribution in [2.24, 2.45) is 0 Å². The second-order valence-electron chi connectivity index (χ2n) is 5.66. The molecule has 1 heterocycles. The Morgan fingerprint density at radius 1 is 1.32 bits per heavy atom. The van der Waals surface area contributed by atoms with Crippen molar-refractivity contribution < 1.29 is 9.18 Å². The maximum Gasteiger partial charge on any atom is 0.251 e. The van der Waals surface area contributed by atoms with Crippen LogP contribution in [0, 0.1) is 5.82 Å². The van der Waals surface area contributed by atoms with Gasteiger partial charge in [0.15, 0.2) is 5.16 Å². The Labute approximate surface area is 150 Å². The van der Waals surface area contributed by atoms with Gasteiger partial charge in [-0.15, -0.1) is 0 Å². The Morgan fingerprint density at radius 2 is 2.04 bits per heavy atom. The number of nitrogens with one attached hydrogen (secondary N) is 2. The lowest BCUT2D eigenvalue weighted by Crippen LogP contribution is -2.25. The number of nitrogens with zero attached hydrogens (tertiary/aromatic N) is 1. The van der Waals surface area contributed by atoms with Gasteiger partial charge in [-0.25, -0.2) is 9.37 Å². The van der Waals surface area contributed by atoms with Gasteiger partial charge in [-0.1, -0.05) is 32.0 Å². The Bertz CT molecular complexity index is 762. The Morgan fingerprint density at radius 3 is 2.68 bits per heavy atom. The van der Waals surface area contributed by atoms with Crippen LogP contribution in [0.1, 0.15) is 38.8 Å². The summed E-state index contributed by atoms with van der Waals surface area (Å²) in [7, 11) is 0. The number of H-pyrrole nitrogens is 1. The molecule has 0 radical (unpaired) electrons. The number of aromatic nitrogens is 2. The van der Waals surface area contributed by atoms with E-state index in [0.29, 0.717) is 17.3 Å². The van der Waals surface area contributed by atoms with E-state index in [2.05, 4.69) is 22.2 Å². The SMILES string of the molecule is CCCCc1cc(=O)[nH]c(SC(CC)C(=O)Nc2ccc(F)cc2)n1. The molecule has 1 aromatic carbocycles. The van der Waals surface area contributed by atoms with Crippen LogP contribution in [0.5, 0.6) is 0 Å². The summed E-state index contributed by atoms with van der Waals surface area (Å²) in [5.74, 6) is -0.564. The molecule has 0 fully saturated rings. The number of unbranched alkanes of at least 4 members (excludes halogenated alkanes) is 1. The minimum absolute atomic E-state index is 0.208. The molecule has 5 nitrogen and oxygen atoms in total. The van der Waals surface area contributed by atoms with Crippen molar-refractivity contribution in [1.82, 2.24) is 9.97 Å². The van der Waals surface area contributed by atoms with E-state index in [4.69, 9.17) is 0 Å². The van der Waals surface area contributed by atoms with E-state index in [1.807, 2.05) is 6.92 Å². The largest absolute Gasteiger partial charge is 0.325 e. The second-order valence-corrected chi connectivity index (χ2v) is 6.85. The smallest absolute Gasteiger partial charge is 0.251 e. The number of hydrogen-bond donors (Lipinski definition) is 2. The molecule has 134 valence electrons. The molecule has 2 rings (SSSR count). The first kappa shape index (κ1) is 19.2. The number of halogens is 1. The van der Waals surface area contributed by atoms with Crippen LogP contribution in [0.25, 0.3) is 0 Å². The van der Waals surface area contributed by atoms with E-state index >= 15 is 0 Å². The normalized spacial score (nSPS) is 12.0. The molecule has 1 amide bonds. The number of anilines is 1.